The minimum absolute atomic E-state index is 0.0163. The molecular weight excluding hydrogens is 214 g/mol. The summed E-state index contributed by atoms with van der Waals surface area (Å²) >= 11 is 0. The van der Waals surface area contributed by atoms with E-state index >= 15 is 0 Å². The molecule has 1 aliphatic rings. The fourth-order valence-corrected chi connectivity index (χ4v) is 2.40. The third-order valence-electron chi connectivity index (χ3n) is 3.31. The molecule has 0 spiro atoms. The molecule has 4 nitrogen and oxygen atoms in total. The maximum Gasteiger partial charge on any atom is 0.236 e. The molecule has 1 heterocycles. The van der Waals surface area contributed by atoms with Crippen LogP contribution in [0.1, 0.15) is 12.5 Å². The molecule has 1 aliphatic heterocycles. The van der Waals surface area contributed by atoms with E-state index in [0.717, 1.165) is 6.54 Å². The van der Waals surface area contributed by atoms with Gasteiger partial charge >= 0.3 is 0 Å². The fourth-order valence-electron chi connectivity index (χ4n) is 2.40. The number of hydrogen-bond donors (Lipinski definition) is 1. The molecule has 0 aromatic heterocycles. The molecule has 2 rings (SSSR count). The second kappa shape index (κ2) is 4.75. The largest absolute Gasteiger partial charge is 0.372 e. The second-order valence-electron chi connectivity index (χ2n) is 4.58. The van der Waals surface area contributed by atoms with E-state index in [1.54, 1.807) is 0 Å². The molecule has 2 N–H and O–H groups in total. The smallest absolute Gasteiger partial charge is 0.236 e. The van der Waals surface area contributed by atoms with Crippen molar-refractivity contribution >= 4 is 11.6 Å². The number of fused-ring (bicyclic) bond motifs is 1. The predicted molar refractivity (Wildman–Crippen MR) is 68.8 cm³/mol. The second-order valence-corrected chi connectivity index (χ2v) is 4.58. The summed E-state index contributed by atoms with van der Waals surface area (Å²) in [5.74, 6) is 0.0163. The summed E-state index contributed by atoms with van der Waals surface area (Å²) < 4.78 is 0. The van der Waals surface area contributed by atoms with Crippen molar-refractivity contribution in [3.05, 3.63) is 29.8 Å². The summed E-state index contributed by atoms with van der Waals surface area (Å²) in [6, 6.07) is 8.39. The van der Waals surface area contributed by atoms with E-state index in [4.69, 9.17) is 5.73 Å². The standard InChI is InChI=1S/C13H19N3O/c1-10-8-15(2)12-6-4-3-5-11(12)9-16(10)13(17)7-14/h3-6,10H,7-9,14H2,1-2H3/t10-/m1/s1. The molecule has 1 aromatic carbocycles. The third kappa shape index (κ3) is 2.26. The Bertz CT molecular complexity index is 419. The van der Waals surface area contributed by atoms with Gasteiger partial charge in [0, 0.05) is 31.9 Å². The Kier molecular flexibility index (Phi) is 3.33. The van der Waals surface area contributed by atoms with Crippen LogP contribution in [0, 0.1) is 0 Å². The topological polar surface area (TPSA) is 49.6 Å². The van der Waals surface area contributed by atoms with Gasteiger partial charge < -0.3 is 15.5 Å². The van der Waals surface area contributed by atoms with Gasteiger partial charge in [0.2, 0.25) is 5.91 Å². The number of anilines is 1. The first-order chi connectivity index (χ1) is 8.13. The molecule has 92 valence electrons. The molecule has 0 bridgehead atoms. The quantitative estimate of drug-likeness (QED) is 0.781. The van der Waals surface area contributed by atoms with Crippen LogP contribution in [0.3, 0.4) is 0 Å². The zero-order valence-corrected chi connectivity index (χ0v) is 10.4. The van der Waals surface area contributed by atoms with Crippen LogP contribution >= 0.6 is 0 Å². The summed E-state index contributed by atoms with van der Waals surface area (Å²) in [5, 5.41) is 0. The Morgan fingerprint density at radius 2 is 2.18 bits per heavy atom. The zero-order valence-electron chi connectivity index (χ0n) is 10.4. The SMILES string of the molecule is C[C@@H]1CN(C)c2ccccc2CN1C(=O)CN. The molecule has 0 saturated heterocycles. The molecule has 17 heavy (non-hydrogen) atoms. The van der Waals surface area contributed by atoms with E-state index in [9.17, 15) is 4.79 Å². The first kappa shape index (κ1) is 11.9. The number of amides is 1. The van der Waals surface area contributed by atoms with Gasteiger partial charge in [0.1, 0.15) is 0 Å². The van der Waals surface area contributed by atoms with Crippen LogP contribution in [0.4, 0.5) is 5.69 Å². The van der Waals surface area contributed by atoms with E-state index < -0.39 is 0 Å². The van der Waals surface area contributed by atoms with Crippen LogP contribution in [0.15, 0.2) is 24.3 Å². The van der Waals surface area contributed by atoms with Gasteiger partial charge in [-0.25, -0.2) is 0 Å². The molecule has 1 amide bonds. The lowest BCUT2D eigenvalue weighted by atomic mass is 10.1. The van der Waals surface area contributed by atoms with E-state index in [2.05, 4.69) is 31.0 Å². The highest BCUT2D eigenvalue weighted by molar-refractivity contribution is 5.79. The maximum absolute atomic E-state index is 11.8. The first-order valence-electron chi connectivity index (χ1n) is 5.92. The number of carbonyl (C=O) groups is 1. The van der Waals surface area contributed by atoms with Gasteiger partial charge in [0.25, 0.3) is 0 Å². The van der Waals surface area contributed by atoms with Crippen molar-refractivity contribution in [2.45, 2.75) is 19.5 Å². The average molecular weight is 233 g/mol. The maximum atomic E-state index is 11.8. The van der Waals surface area contributed by atoms with Crippen molar-refractivity contribution in [3.63, 3.8) is 0 Å². The molecule has 1 atom stereocenters. The Hall–Kier alpha value is -1.55. The van der Waals surface area contributed by atoms with Crippen LogP contribution in [0.2, 0.25) is 0 Å². The van der Waals surface area contributed by atoms with Gasteiger partial charge in [-0.05, 0) is 18.6 Å². The normalized spacial score (nSPS) is 19.8. The lowest BCUT2D eigenvalue weighted by Gasteiger charge is -2.28. The number of likely N-dealkylation sites (N-methyl/N-ethyl adjacent to an activating group) is 1. The number of benzene rings is 1. The Labute approximate surface area is 102 Å². The number of nitrogens with zero attached hydrogens (tertiary/aromatic N) is 2. The Morgan fingerprint density at radius 3 is 2.88 bits per heavy atom. The van der Waals surface area contributed by atoms with Crippen LogP contribution in [0.5, 0.6) is 0 Å². The van der Waals surface area contributed by atoms with Gasteiger partial charge in [-0.2, -0.15) is 0 Å². The first-order valence-corrected chi connectivity index (χ1v) is 5.92. The summed E-state index contributed by atoms with van der Waals surface area (Å²) in [6.45, 7) is 3.63. The molecule has 0 unspecified atom stereocenters. The Morgan fingerprint density at radius 1 is 1.47 bits per heavy atom. The van der Waals surface area contributed by atoms with E-state index in [-0.39, 0.29) is 18.5 Å². The lowest BCUT2D eigenvalue weighted by Crippen LogP contribution is -2.44. The van der Waals surface area contributed by atoms with Crippen molar-refractivity contribution in [3.8, 4) is 0 Å². The van der Waals surface area contributed by atoms with Crippen molar-refractivity contribution in [1.29, 1.82) is 0 Å². The highest BCUT2D eigenvalue weighted by atomic mass is 16.2. The average Bonchev–Trinajstić information content (AvgIpc) is 2.46. The summed E-state index contributed by atoms with van der Waals surface area (Å²) in [6.07, 6.45) is 0. The monoisotopic (exact) mass is 233 g/mol. The number of rotatable bonds is 1. The number of nitrogens with two attached hydrogens (primary N) is 1. The summed E-state index contributed by atoms with van der Waals surface area (Å²) in [7, 11) is 2.06. The lowest BCUT2D eigenvalue weighted by molar-refractivity contribution is -0.132. The van der Waals surface area contributed by atoms with Crippen LogP contribution in [-0.4, -0.2) is 37.0 Å². The predicted octanol–water partition coefficient (Wildman–Crippen LogP) is 0.812. The molecular formula is C13H19N3O. The number of hydrogen-bond acceptors (Lipinski definition) is 3. The highest BCUT2D eigenvalue weighted by Crippen LogP contribution is 2.25. The van der Waals surface area contributed by atoms with Crippen molar-refractivity contribution < 1.29 is 4.79 Å². The van der Waals surface area contributed by atoms with Crippen molar-refractivity contribution in [2.75, 3.05) is 25.0 Å². The van der Waals surface area contributed by atoms with Crippen LogP contribution < -0.4 is 10.6 Å². The summed E-state index contributed by atoms with van der Waals surface area (Å²) in [4.78, 5) is 15.9. The van der Waals surface area contributed by atoms with E-state index in [0.29, 0.717) is 6.54 Å². The Balaban J connectivity index is 2.35. The number of para-hydroxylation sites is 1. The molecule has 0 radical (unpaired) electrons. The molecule has 0 aliphatic carbocycles. The van der Waals surface area contributed by atoms with Gasteiger partial charge in [-0.3, -0.25) is 4.79 Å². The zero-order chi connectivity index (χ0) is 12.4. The van der Waals surface area contributed by atoms with Crippen LogP contribution in [-0.2, 0) is 11.3 Å². The van der Waals surface area contributed by atoms with E-state index in [1.807, 2.05) is 17.0 Å². The van der Waals surface area contributed by atoms with Gasteiger partial charge in [-0.15, -0.1) is 0 Å². The van der Waals surface area contributed by atoms with Crippen molar-refractivity contribution in [1.82, 2.24) is 4.90 Å². The highest BCUT2D eigenvalue weighted by Gasteiger charge is 2.25. The fraction of sp³-hybridized carbons (Fsp3) is 0.462. The summed E-state index contributed by atoms with van der Waals surface area (Å²) in [5.41, 5.74) is 7.85. The van der Waals surface area contributed by atoms with Gasteiger partial charge in [-0.1, -0.05) is 18.2 Å². The number of carbonyl (C=O) groups excluding carboxylic acids is 1. The molecule has 1 aromatic rings. The van der Waals surface area contributed by atoms with Gasteiger partial charge in [0.05, 0.1) is 6.54 Å². The molecule has 0 saturated carbocycles. The van der Waals surface area contributed by atoms with Gasteiger partial charge in [0.15, 0.2) is 0 Å². The van der Waals surface area contributed by atoms with E-state index in [1.165, 1.54) is 11.3 Å². The minimum atomic E-state index is 0.0163. The molecule has 0 fully saturated rings. The molecule has 4 heteroatoms. The minimum Gasteiger partial charge on any atom is -0.372 e. The van der Waals surface area contributed by atoms with Crippen LogP contribution in [0.25, 0.3) is 0 Å². The van der Waals surface area contributed by atoms with Crippen molar-refractivity contribution in [2.24, 2.45) is 5.73 Å². The third-order valence-corrected chi connectivity index (χ3v) is 3.31.